The van der Waals surface area contributed by atoms with Gasteiger partial charge >= 0.3 is 0 Å². The smallest absolute Gasteiger partial charge is 0.143 e. The zero-order valence-corrected chi connectivity index (χ0v) is 16.8. The highest BCUT2D eigenvalue weighted by molar-refractivity contribution is 5.71. The molecule has 0 bridgehead atoms. The first kappa shape index (κ1) is 18.8. The van der Waals surface area contributed by atoms with Crippen LogP contribution in [0.5, 0.6) is 0 Å². The quantitative estimate of drug-likeness (QED) is 0.799. The molecule has 0 aromatic carbocycles. The summed E-state index contributed by atoms with van der Waals surface area (Å²) in [5.41, 5.74) is 3.89. The Morgan fingerprint density at radius 2 is 1.96 bits per heavy atom. The molecule has 0 radical (unpaired) electrons. The molecule has 2 aromatic rings. The normalized spacial score (nSPS) is 18.0. The Morgan fingerprint density at radius 1 is 1.19 bits per heavy atom. The average molecular weight is 358 g/mol. The topological polar surface area (TPSA) is 64.3 Å². The molecule has 3 rings (SSSR count). The van der Waals surface area contributed by atoms with Crippen LogP contribution in [0.4, 0.5) is 5.82 Å². The molecule has 0 saturated carbocycles. The third-order valence-electron chi connectivity index (χ3n) is 4.97. The summed E-state index contributed by atoms with van der Waals surface area (Å²) in [4.78, 5) is 12.2. The second-order valence-electron chi connectivity index (χ2n) is 7.46. The average Bonchev–Trinajstić information content (AvgIpc) is 2.94. The Labute approximate surface area is 156 Å². The molecule has 26 heavy (non-hydrogen) atoms. The number of ether oxygens (including phenoxy) is 1. The van der Waals surface area contributed by atoms with Gasteiger partial charge in [0.05, 0.1) is 29.7 Å². The van der Waals surface area contributed by atoms with Crippen molar-refractivity contribution in [2.75, 3.05) is 24.6 Å². The Hall–Kier alpha value is -1.95. The van der Waals surface area contributed by atoms with Gasteiger partial charge in [0, 0.05) is 24.6 Å². The predicted octanol–water partition coefficient (Wildman–Crippen LogP) is 4.19. The van der Waals surface area contributed by atoms with Crippen LogP contribution in [0.3, 0.4) is 0 Å². The van der Waals surface area contributed by atoms with E-state index in [-0.39, 0.29) is 12.0 Å². The molecule has 1 unspecified atom stereocenters. The van der Waals surface area contributed by atoms with Crippen molar-refractivity contribution in [1.29, 1.82) is 0 Å². The highest BCUT2D eigenvalue weighted by Gasteiger charge is 2.26. The third kappa shape index (κ3) is 3.61. The first-order valence-electron chi connectivity index (χ1n) is 9.60. The van der Waals surface area contributed by atoms with Crippen molar-refractivity contribution in [1.82, 2.24) is 15.1 Å². The number of aryl methyl sites for hydroxylation is 2. The number of morpholine rings is 1. The molecular formula is C20H30N4O2. The molecule has 1 atom stereocenters. The number of hydrogen-bond acceptors (Lipinski definition) is 6. The second-order valence-corrected chi connectivity index (χ2v) is 7.46. The largest absolute Gasteiger partial charge is 0.375 e. The minimum absolute atomic E-state index is 0.251. The van der Waals surface area contributed by atoms with E-state index in [1.54, 1.807) is 0 Å². The zero-order valence-electron chi connectivity index (χ0n) is 16.8. The lowest BCUT2D eigenvalue weighted by molar-refractivity contribution is 0.0345. The maximum absolute atomic E-state index is 5.92. The number of aromatic nitrogens is 3. The molecule has 2 aromatic heterocycles. The van der Waals surface area contributed by atoms with Crippen LogP contribution < -0.4 is 4.90 Å². The standard InChI is InChI=1S/C20H30N4O2/c1-7-8-16-11-24(9-10-25-16)20-13(4)18(21-19(22-20)12(2)3)17-14(5)23-26-15(17)6/h12,16H,7-11H2,1-6H3. The molecule has 1 aliphatic heterocycles. The molecular weight excluding hydrogens is 328 g/mol. The number of nitrogens with zero attached hydrogens (tertiary/aromatic N) is 4. The Bertz CT molecular complexity index is 748. The van der Waals surface area contributed by atoms with Gasteiger partial charge in [-0.15, -0.1) is 0 Å². The van der Waals surface area contributed by atoms with Gasteiger partial charge in [0.2, 0.25) is 0 Å². The van der Waals surface area contributed by atoms with Gasteiger partial charge in [0.25, 0.3) is 0 Å². The van der Waals surface area contributed by atoms with Gasteiger partial charge in [-0.05, 0) is 27.2 Å². The minimum atomic E-state index is 0.251. The van der Waals surface area contributed by atoms with Crippen molar-refractivity contribution in [3.05, 3.63) is 22.8 Å². The Kier molecular flexibility index (Phi) is 5.61. The SMILES string of the molecule is CCCC1CN(c2nc(C(C)C)nc(-c3c(C)noc3C)c2C)CCO1. The summed E-state index contributed by atoms with van der Waals surface area (Å²) in [5.74, 6) is 2.93. The number of hydrogen-bond donors (Lipinski definition) is 0. The fourth-order valence-electron chi connectivity index (χ4n) is 3.56. The van der Waals surface area contributed by atoms with E-state index in [4.69, 9.17) is 19.2 Å². The van der Waals surface area contributed by atoms with Gasteiger partial charge in [-0.25, -0.2) is 9.97 Å². The van der Waals surface area contributed by atoms with Crippen LogP contribution in [0.1, 0.15) is 62.4 Å². The summed E-state index contributed by atoms with van der Waals surface area (Å²) < 4.78 is 11.3. The Morgan fingerprint density at radius 3 is 2.58 bits per heavy atom. The molecule has 6 heteroatoms. The van der Waals surface area contributed by atoms with Gasteiger partial charge in [0.15, 0.2) is 0 Å². The maximum Gasteiger partial charge on any atom is 0.143 e. The zero-order chi connectivity index (χ0) is 18.8. The molecule has 6 nitrogen and oxygen atoms in total. The van der Waals surface area contributed by atoms with E-state index in [2.05, 4.69) is 37.8 Å². The van der Waals surface area contributed by atoms with Crippen LogP contribution >= 0.6 is 0 Å². The van der Waals surface area contributed by atoms with E-state index < -0.39 is 0 Å². The highest BCUT2D eigenvalue weighted by atomic mass is 16.5. The molecule has 0 spiro atoms. The van der Waals surface area contributed by atoms with Gasteiger partial charge in [-0.1, -0.05) is 32.3 Å². The van der Waals surface area contributed by atoms with Gasteiger partial charge in [0.1, 0.15) is 17.4 Å². The van der Waals surface area contributed by atoms with E-state index >= 15 is 0 Å². The molecule has 1 aliphatic rings. The van der Waals surface area contributed by atoms with E-state index in [0.717, 1.165) is 72.5 Å². The summed E-state index contributed by atoms with van der Waals surface area (Å²) in [7, 11) is 0. The van der Waals surface area contributed by atoms with Crippen LogP contribution in [0.15, 0.2) is 4.52 Å². The third-order valence-corrected chi connectivity index (χ3v) is 4.97. The molecule has 1 saturated heterocycles. The lowest BCUT2D eigenvalue weighted by Gasteiger charge is -2.35. The Balaban J connectivity index is 2.08. The molecule has 142 valence electrons. The van der Waals surface area contributed by atoms with E-state index in [0.29, 0.717) is 0 Å². The van der Waals surface area contributed by atoms with E-state index in [1.807, 2.05) is 13.8 Å². The fraction of sp³-hybridized carbons (Fsp3) is 0.650. The molecule has 3 heterocycles. The first-order chi connectivity index (χ1) is 12.4. The van der Waals surface area contributed by atoms with Crippen molar-refractivity contribution >= 4 is 5.82 Å². The molecule has 1 fully saturated rings. The summed E-state index contributed by atoms with van der Waals surface area (Å²) in [6.07, 6.45) is 2.48. The van der Waals surface area contributed by atoms with Crippen molar-refractivity contribution in [3.63, 3.8) is 0 Å². The van der Waals surface area contributed by atoms with Crippen molar-refractivity contribution in [3.8, 4) is 11.3 Å². The molecule has 0 N–H and O–H groups in total. The van der Waals surface area contributed by atoms with Crippen LogP contribution in [0.2, 0.25) is 0 Å². The van der Waals surface area contributed by atoms with Crippen LogP contribution in [0.25, 0.3) is 11.3 Å². The first-order valence-corrected chi connectivity index (χ1v) is 9.60. The van der Waals surface area contributed by atoms with Gasteiger partial charge in [-0.3, -0.25) is 0 Å². The van der Waals surface area contributed by atoms with Crippen LogP contribution in [-0.4, -0.2) is 40.9 Å². The minimum Gasteiger partial charge on any atom is -0.375 e. The van der Waals surface area contributed by atoms with Crippen molar-refractivity contribution in [2.45, 2.75) is 66.4 Å². The molecule has 0 aliphatic carbocycles. The van der Waals surface area contributed by atoms with Gasteiger partial charge < -0.3 is 14.2 Å². The maximum atomic E-state index is 5.92. The summed E-state index contributed by atoms with van der Waals surface area (Å²) in [6, 6.07) is 0. The lowest BCUT2D eigenvalue weighted by atomic mass is 10.0. The number of anilines is 1. The number of rotatable bonds is 5. The predicted molar refractivity (Wildman–Crippen MR) is 103 cm³/mol. The van der Waals surface area contributed by atoms with Crippen LogP contribution in [-0.2, 0) is 4.74 Å². The highest BCUT2D eigenvalue weighted by Crippen LogP contribution is 2.34. The van der Waals surface area contributed by atoms with Crippen molar-refractivity contribution in [2.24, 2.45) is 0 Å². The van der Waals surface area contributed by atoms with E-state index in [9.17, 15) is 0 Å². The lowest BCUT2D eigenvalue weighted by Crippen LogP contribution is -2.43. The van der Waals surface area contributed by atoms with E-state index in [1.165, 1.54) is 0 Å². The second kappa shape index (κ2) is 7.74. The summed E-state index contributed by atoms with van der Waals surface area (Å²) in [6.45, 7) is 14.9. The van der Waals surface area contributed by atoms with Crippen molar-refractivity contribution < 1.29 is 9.26 Å². The summed E-state index contributed by atoms with van der Waals surface area (Å²) >= 11 is 0. The molecule has 0 amide bonds. The fourth-order valence-corrected chi connectivity index (χ4v) is 3.56. The van der Waals surface area contributed by atoms with Gasteiger partial charge in [-0.2, -0.15) is 0 Å². The van der Waals surface area contributed by atoms with Crippen LogP contribution in [0, 0.1) is 20.8 Å². The monoisotopic (exact) mass is 358 g/mol. The summed E-state index contributed by atoms with van der Waals surface area (Å²) in [5, 5.41) is 4.12.